The molecule has 0 aliphatic carbocycles. The summed E-state index contributed by atoms with van der Waals surface area (Å²) < 4.78 is 14.3. The van der Waals surface area contributed by atoms with Gasteiger partial charge in [-0.3, -0.25) is 28.6 Å². The van der Waals surface area contributed by atoms with Gasteiger partial charge in [-0.25, -0.2) is 9.48 Å². The number of esters is 2. The van der Waals surface area contributed by atoms with Crippen molar-refractivity contribution in [2.75, 3.05) is 59.4 Å². The molecular weight excluding hydrogens is 825 g/mol. The van der Waals surface area contributed by atoms with Crippen LogP contribution < -0.4 is 10.9 Å². The van der Waals surface area contributed by atoms with Crippen molar-refractivity contribution in [3.05, 3.63) is 75.7 Å². The molecule has 5 heterocycles. The SMILES string of the molecule is CCCCCC(=O)OCn1cc2cc(C[C@@H](NC(=O)N3CCC(c4cc5ccccc5n(COC(=O)CCCCC)c4=O)CC3)C(=O)N3CCN(C4CCN(C)CC4)CC3)cc(C)c2n1. The Kier molecular flexibility index (Phi) is 16.7. The number of pyridine rings is 1. The third-order valence-corrected chi connectivity index (χ3v) is 13.7. The van der Waals surface area contributed by atoms with Gasteiger partial charge in [0.25, 0.3) is 5.56 Å². The summed E-state index contributed by atoms with van der Waals surface area (Å²) in [5.41, 5.74) is 3.79. The molecule has 1 atom stereocenters. The van der Waals surface area contributed by atoms with E-state index in [4.69, 9.17) is 14.6 Å². The smallest absolute Gasteiger partial charge is 0.318 e. The normalized spacial score (nSPS) is 17.4. The number of carbonyl (C=O) groups excluding carboxylic acids is 4. The summed E-state index contributed by atoms with van der Waals surface area (Å²) in [4.78, 5) is 76.2. The average molecular weight is 895 g/mol. The number of unbranched alkanes of at least 4 members (excludes halogenated alkanes) is 4. The molecule has 3 aliphatic rings. The number of piperidine rings is 2. The van der Waals surface area contributed by atoms with Crippen LogP contribution in [-0.2, 0) is 43.7 Å². The zero-order valence-electron chi connectivity index (χ0n) is 39.1. The number of fused-ring (bicyclic) bond motifs is 2. The van der Waals surface area contributed by atoms with E-state index >= 15 is 0 Å². The number of rotatable bonds is 18. The molecule has 2 aromatic heterocycles. The first-order valence-electron chi connectivity index (χ1n) is 24.2. The molecule has 7 rings (SSSR count). The van der Waals surface area contributed by atoms with E-state index in [0.29, 0.717) is 75.4 Å². The summed E-state index contributed by atoms with van der Waals surface area (Å²) in [5, 5.41) is 9.61. The summed E-state index contributed by atoms with van der Waals surface area (Å²) in [6.45, 7) is 11.8. The van der Waals surface area contributed by atoms with Crippen LogP contribution in [-0.4, -0.2) is 129 Å². The summed E-state index contributed by atoms with van der Waals surface area (Å²) in [7, 11) is 2.17. The molecule has 0 radical (unpaired) electrons. The number of aromatic nitrogens is 3. The Hall–Kier alpha value is -5.28. The first-order chi connectivity index (χ1) is 31.5. The van der Waals surface area contributed by atoms with Crippen LogP contribution in [0.3, 0.4) is 0 Å². The van der Waals surface area contributed by atoms with Crippen LogP contribution in [0.15, 0.2) is 53.5 Å². The van der Waals surface area contributed by atoms with Gasteiger partial charge in [0.15, 0.2) is 13.5 Å². The van der Waals surface area contributed by atoms with Crippen LogP contribution in [0.1, 0.15) is 114 Å². The number of likely N-dealkylation sites (tertiary alicyclic amines) is 2. The predicted molar refractivity (Wildman–Crippen MR) is 251 cm³/mol. The zero-order chi connectivity index (χ0) is 45.9. The number of hydrogen-bond acceptors (Lipinski definition) is 10. The molecule has 4 aromatic rings. The Labute approximate surface area is 383 Å². The van der Waals surface area contributed by atoms with E-state index in [2.05, 4.69) is 36.0 Å². The summed E-state index contributed by atoms with van der Waals surface area (Å²) in [6, 6.07) is 13.0. The molecule has 2 aromatic carbocycles. The number of piperazine rings is 1. The molecule has 352 valence electrons. The number of urea groups is 1. The number of carbonyl (C=O) groups is 4. The molecule has 65 heavy (non-hydrogen) atoms. The largest absolute Gasteiger partial charge is 0.444 e. The molecule has 3 saturated heterocycles. The second-order valence-corrected chi connectivity index (χ2v) is 18.5. The molecule has 0 unspecified atom stereocenters. The van der Waals surface area contributed by atoms with E-state index in [1.54, 1.807) is 14.1 Å². The Morgan fingerprint density at radius 3 is 2.11 bits per heavy atom. The van der Waals surface area contributed by atoms with E-state index in [-0.39, 0.29) is 48.8 Å². The van der Waals surface area contributed by atoms with Crippen LogP contribution in [0.2, 0.25) is 0 Å². The Morgan fingerprint density at radius 1 is 0.769 bits per heavy atom. The molecule has 15 heteroatoms. The Balaban J connectivity index is 1.04. The van der Waals surface area contributed by atoms with Crippen LogP contribution >= 0.6 is 0 Å². The molecule has 3 amide bonds. The molecule has 0 bridgehead atoms. The first-order valence-corrected chi connectivity index (χ1v) is 24.2. The lowest BCUT2D eigenvalue weighted by atomic mass is 9.89. The first kappa shape index (κ1) is 47.7. The highest BCUT2D eigenvalue weighted by atomic mass is 16.5. The highest BCUT2D eigenvalue weighted by molar-refractivity contribution is 5.88. The fraction of sp³-hybridized carbons (Fsp3) is 0.600. The quantitative estimate of drug-likeness (QED) is 0.0860. The number of hydrogen-bond donors (Lipinski definition) is 1. The topological polar surface area (TPSA) is 152 Å². The van der Waals surface area contributed by atoms with Crippen molar-refractivity contribution in [1.29, 1.82) is 0 Å². The number of aryl methyl sites for hydroxylation is 1. The van der Waals surface area contributed by atoms with E-state index in [9.17, 15) is 24.0 Å². The second-order valence-electron chi connectivity index (χ2n) is 18.5. The highest BCUT2D eigenvalue weighted by Gasteiger charge is 2.34. The fourth-order valence-corrected chi connectivity index (χ4v) is 9.81. The number of nitrogens with zero attached hydrogens (tertiary/aromatic N) is 7. The lowest BCUT2D eigenvalue weighted by molar-refractivity contribution is -0.148. The molecular formula is C50H70N8O7. The van der Waals surface area contributed by atoms with E-state index in [1.807, 2.05) is 60.5 Å². The van der Waals surface area contributed by atoms with Crippen molar-refractivity contribution in [3.8, 4) is 0 Å². The minimum atomic E-state index is -0.802. The van der Waals surface area contributed by atoms with Crippen LogP contribution in [0.5, 0.6) is 0 Å². The van der Waals surface area contributed by atoms with Crippen LogP contribution in [0.4, 0.5) is 4.79 Å². The number of ether oxygens (including phenoxy) is 2. The minimum Gasteiger partial charge on any atom is -0.444 e. The van der Waals surface area contributed by atoms with Gasteiger partial charge in [0.2, 0.25) is 5.91 Å². The van der Waals surface area contributed by atoms with Gasteiger partial charge < -0.3 is 29.5 Å². The molecule has 15 nitrogen and oxygen atoms in total. The lowest BCUT2D eigenvalue weighted by Crippen LogP contribution is -2.59. The molecule has 0 saturated carbocycles. The maximum atomic E-state index is 14.6. The average Bonchev–Trinajstić information content (AvgIpc) is 3.74. The van der Waals surface area contributed by atoms with Gasteiger partial charge in [-0.05, 0) is 106 Å². The molecule has 1 N–H and O–H groups in total. The van der Waals surface area contributed by atoms with Crippen LogP contribution in [0.25, 0.3) is 21.8 Å². The number of nitrogens with one attached hydrogen (secondary N) is 1. The van der Waals surface area contributed by atoms with E-state index in [1.165, 1.54) is 0 Å². The van der Waals surface area contributed by atoms with Crippen molar-refractivity contribution in [2.45, 2.75) is 136 Å². The Bertz CT molecular complexity index is 2320. The third kappa shape index (κ3) is 12.3. The van der Waals surface area contributed by atoms with Gasteiger partial charge in [0, 0.05) is 81.7 Å². The Morgan fingerprint density at radius 2 is 1.43 bits per heavy atom. The van der Waals surface area contributed by atoms with Gasteiger partial charge in [-0.1, -0.05) is 63.8 Å². The van der Waals surface area contributed by atoms with Gasteiger partial charge in [0.05, 0.1) is 11.0 Å². The summed E-state index contributed by atoms with van der Waals surface area (Å²) in [6.07, 6.45) is 11.8. The van der Waals surface area contributed by atoms with Crippen LogP contribution in [0, 0.1) is 6.92 Å². The van der Waals surface area contributed by atoms with Gasteiger partial charge in [0.1, 0.15) is 6.04 Å². The standard InChI is InChI=1S/C50H70N8O7/c1-5-7-9-15-45(59)64-34-57-33-40-30-37(29-36(3)47(40)52-57)31-43(49(62)55-27-25-54(26-28-55)41-19-21-53(4)22-20-41)51-50(63)56-23-17-38(18-24-56)42-32-39-13-11-12-14-44(39)58(48(42)61)35-65-46(60)16-10-8-6-2/h11-14,29-30,32-33,38,41,43H,5-10,15-28,31,34-35H2,1-4H3,(H,51,63)/t43-/m1/s1. The minimum absolute atomic E-state index is 0.0252. The highest BCUT2D eigenvalue weighted by Crippen LogP contribution is 2.29. The fourth-order valence-electron chi connectivity index (χ4n) is 9.81. The third-order valence-electron chi connectivity index (χ3n) is 13.7. The van der Waals surface area contributed by atoms with Gasteiger partial charge in [-0.2, -0.15) is 5.10 Å². The number of para-hydroxylation sites is 1. The lowest BCUT2D eigenvalue weighted by Gasteiger charge is -2.43. The summed E-state index contributed by atoms with van der Waals surface area (Å²) >= 11 is 0. The second kappa shape index (κ2) is 22.8. The number of amides is 3. The van der Waals surface area contributed by atoms with Crippen molar-refractivity contribution < 1.29 is 28.7 Å². The van der Waals surface area contributed by atoms with E-state index < -0.39 is 6.04 Å². The molecule has 0 spiro atoms. The van der Waals surface area contributed by atoms with Crippen molar-refractivity contribution in [3.63, 3.8) is 0 Å². The molecule has 3 fully saturated rings. The van der Waals surface area contributed by atoms with Crippen molar-refractivity contribution >= 4 is 45.7 Å². The maximum Gasteiger partial charge on any atom is 0.318 e. The summed E-state index contributed by atoms with van der Waals surface area (Å²) in [5.74, 6) is -0.748. The zero-order valence-corrected chi connectivity index (χ0v) is 39.1. The monoisotopic (exact) mass is 895 g/mol. The van der Waals surface area contributed by atoms with Gasteiger partial charge in [-0.15, -0.1) is 0 Å². The molecule has 3 aliphatic heterocycles. The van der Waals surface area contributed by atoms with Crippen molar-refractivity contribution in [1.82, 2.24) is 39.3 Å². The predicted octanol–water partition coefficient (Wildman–Crippen LogP) is 6.56. The van der Waals surface area contributed by atoms with Gasteiger partial charge >= 0.3 is 18.0 Å². The van der Waals surface area contributed by atoms with E-state index in [0.717, 1.165) is 105 Å². The van der Waals surface area contributed by atoms with Crippen molar-refractivity contribution in [2.24, 2.45) is 0 Å². The number of benzene rings is 2. The maximum absolute atomic E-state index is 14.6.